The third-order valence-corrected chi connectivity index (χ3v) is 2.94. The van der Waals surface area contributed by atoms with Crippen LogP contribution in [0, 0.1) is 29.1 Å². The van der Waals surface area contributed by atoms with E-state index in [1.54, 1.807) is 0 Å². The summed E-state index contributed by atoms with van der Waals surface area (Å²) in [4.78, 5) is 0. The van der Waals surface area contributed by atoms with Crippen LogP contribution < -0.4 is 0 Å². The molecule has 0 aliphatic heterocycles. The lowest BCUT2D eigenvalue weighted by Crippen LogP contribution is -2.20. The van der Waals surface area contributed by atoms with Gasteiger partial charge in [0.2, 0.25) is 0 Å². The van der Waals surface area contributed by atoms with Crippen molar-refractivity contribution in [2.24, 2.45) is 17.8 Å². The Kier molecular flexibility index (Phi) is 2.92. The summed E-state index contributed by atoms with van der Waals surface area (Å²) in [6.07, 6.45) is 4.70. The monoisotopic (exact) mass is 163 g/mol. The lowest BCUT2D eigenvalue weighted by Gasteiger charge is -2.28. The highest BCUT2D eigenvalue weighted by atomic mass is 14.3. The van der Waals surface area contributed by atoms with Gasteiger partial charge < -0.3 is 0 Å². The molecule has 0 aromatic carbocycles. The van der Waals surface area contributed by atoms with E-state index in [2.05, 4.69) is 26.0 Å². The second-order valence-electron chi connectivity index (χ2n) is 3.99. The van der Waals surface area contributed by atoms with E-state index in [4.69, 9.17) is 5.26 Å². The minimum atomic E-state index is 0.212. The van der Waals surface area contributed by atoms with E-state index in [1.807, 2.05) is 6.92 Å². The van der Waals surface area contributed by atoms with E-state index in [9.17, 15) is 0 Å². The van der Waals surface area contributed by atoms with Crippen molar-refractivity contribution < 1.29 is 0 Å². The Bertz CT molecular complexity index is 222. The summed E-state index contributed by atoms with van der Waals surface area (Å²) >= 11 is 0. The number of hydrogen-bond donors (Lipinski definition) is 0. The highest BCUT2D eigenvalue weighted by Gasteiger charge is 2.24. The fourth-order valence-corrected chi connectivity index (χ4v) is 2.11. The van der Waals surface area contributed by atoms with Gasteiger partial charge in [0.15, 0.2) is 0 Å². The van der Waals surface area contributed by atoms with E-state index in [0.29, 0.717) is 11.8 Å². The minimum absolute atomic E-state index is 0.212. The first-order valence-electron chi connectivity index (χ1n) is 4.72. The predicted molar refractivity (Wildman–Crippen MR) is 50.4 cm³/mol. The van der Waals surface area contributed by atoms with Crippen LogP contribution in [0.1, 0.15) is 33.6 Å². The molecule has 0 saturated carbocycles. The average Bonchev–Trinajstić information content (AvgIpc) is 2.03. The average molecular weight is 163 g/mol. The van der Waals surface area contributed by atoms with Gasteiger partial charge >= 0.3 is 0 Å². The Balaban J connectivity index is 2.66. The maximum atomic E-state index is 8.80. The highest BCUT2D eigenvalue weighted by Crippen LogP contribution is 2.33. The van der Waals surface area contributed by atoms with E-state index in [0.717, 1.165) is 0 Å². The van der Waals surface area contributed by atoms with Gasteiger partial charge in [-0.2, -0.15) is 5.26 Å². The first-order chi connectivity index (χ1) is 5.65. The lowest BCUT2D eigenvalue weighted by molar-refractivity contribution is 0.307. The van der Waals surface area contributed by atoms with Gasteiger partial charge in [-0.15, -0.1) is 0 Å². The molecule has 3 unspecified atom stereocenters. The molecule has 12 heavy (non-hydrogen) atoms. The zero-order valence-corrected chi connectivity index (χ0v) is 8.17. The van der Waals surface area contributed by atoms with Crippen LogP contribution in [-0.2, 0) is 0 Å². The Labute approximate surface area is 75.1 Å². The fraction of sp³-hybridized carbons (Fsp3) is 0.727. The number of rotatable bonds is 1. The van der Waals surface area contributed by atoms with Crippen LogP contribution in [0.2, 0.25) is 0 Å². The molecule has 0 aromatic heterocycles. The van der Waals surface area contributed by atoms with E-state index >= 15 is 0 Å². The van der Waals surface area contributed by atoms with Crippen LogP contribution in [0.25, 0.3) is 0 Å². The molecule has 1 rings (SSSR count). The molecule has 1 heteroatoms. The summed E-state index contributed by atoms with van der Waals surface area (Å²) in [5, 5.41) is 8.80. The second-order valence-corrected chi connectivity index (χ2v) is 3.99. The highest BCUT2D eigenvalue weighted by molar-refractivity contribution is 5.08. The molecular weight excluding hydrogens is 146 g/mol. The van der Waals surface area contributed by atoms with Crippen molar-refractivity contribution >= 4 is 0 Å². The van der Waals surface area contributed by atoms with Crippen LogP contribution in [-0.4, -0.2) is 0 Å². The number of nitrogens with zero attached hydrogens (tertiary/aromatic N) is 1. The molecule has 3 atom stereocenters. The second kappa shape index (κ2) is 3.76. The van der Waals surface area contributed by atoms with E-state index in [1.165, 1.54) is 18.4 Å². The molecule has 0 aromatic rings. The fourth-order valence-electron chi connectivity index (χ4n) is 2.11. The van der Waals surface area contributed by atoms with E-state index < -0.39 is 0 Å². The summed E-state index contributed by atoms with van der Waals surface area (Å²) in [5.74, 6) is 1.39. The van der Waals surface area contributed by atoms with Gasteiger partial charge in [0.25, 0.3) is 0 Å². The first-order valence-corrected chi connectivity index (χ1v) is 4.72. The molecule has 0 spiro atoms. The largest absolute Gasteiger partial charge is 0.198 e. The van der Waals surface area contributed by atoms with E-state index in [-0.39, 0.29) is 5.92 Å². The zero-order chi connectivity index (χ0) is 9.14. The van der Waals surface area contributed by atoms with Crippen LogP contribution in [0.4, 0.5) is 0 Å². The molecular formula is C11H17N. The molecule has 0 amide bonds. The van der Waals surface area contributed by atoms with Crippen molar-refractivity contribution in [3.05, 3.63) is 11.6 Å². The number of nitriles is 1. The van der Waals surface area contributed by atoms with Gasteiger partial charge in [0.05, 0.1) is 6.07 Å². The lowest BCUT2D eigenvalue weighted by atomic mass is 9.76. The van der Waals surface area contributed by atoms with Crippen LogP contribution in [0.15, 0.2) is 11.6 Å². The standard InChI is InChI=1S/C11H17N/c1-8-4-5-11(9(2)6-8)10(3)7-12/h6,9-11H,4-5H2,1-3H3. The predicted octanol–water partition coefficient (Wildman–Crippen LogP) is 3.14. The molecule has 0 N–H and O–H groups in total. The summed E-state index contributed by atoms with van der Waals surface area (Å²) in [6.45, 7) is 6.45. The Morgan fingerprint density at radius 2 is 2.33 bits per heavy atom. The summed E-state index contributed by atoms with van der Waals surface area (Å²) in [6, 6.07) is 2.35. The van der Waals surface area contributed by atoms with Crippen molar-refractivity contribution in [2.45, 2.75) is 33.6 Å². The van der Waals surface area contributed by atoms with Crippen molar-refractivity contribution in [2.75, 3.05) is 0 Å². The molecule has 1 aliphatic rings. The Morgan fingerprint density at radius 3 is 2.83 bits per heavy atom. The summed E-state index contributed by atoms with van der Waals surface area (Å²) in [5.41, 5.74) is 1.49. The molecule has 0 heterocycles. The first kappa shape index (κ1) is 9.32. The van der Waals surface area contributed by atoms with Gasteiger partial charge in [-0.25, -0.2) is 0 Å². The topological polar surface area (TPSA) is 23.8 Å². The van der Waals surface area contributed by atoms with Crippen LogP contribution >= 0.6 is 0 Å². The SMILES string of the molecule is CC1=CC(C)C(C(C)C#N)CC1. The molecule has 0 saturated heterocycles. The summed E-state index contributed by atoms with van der Waals surface area (Å²) in [7, 11) is 0. The minimum Gasteiger partial charge on any atom is -0.198 e. The van der Waals surface area contributed by atoms with Gasteiger partial charge in [-0.3, -0.25) is 0 Å². The van der Waals surface area contributed by atoms with Gasteiger partial charge in [0, 0.05) is 5.92 Å². The van der Waals surface area contributed by atoms with Crippen molar-refractivity contribution in [1.82, 2.24) is 0 Å². The maximum Gasteiger partial charge on any atom is 0.0656 e. The van der Waals surface area contributed by atoms with Gasteiger partial charge in [-0.1, -0.05) is 18.6 Å². The van der Waals surface area contributed by atoms with Gasteiger partial charge in [-0.05, 0) is 38.5 Å². The molecule has 1 aliphatic carbocycles. The molecule has 66 valence electrons. The summed E-state index contributed by atoms with van der Waals surface area (Å²) < 4.78 is 0. The van der Waals surface area contributed by atoms with Crippen LogP contribution in [0.3, 0.4) is 0 Å². The number of allylic oxidation sites excluding steroid dienone is 2. The Morgan fingerprint density at radius 1 is 1.67 bits per heavy atom. The molecule has 0 fully saturated rings. The third-order valence-electron chi connectivity index (χ3n) is 2.94. The number of hydrogen-bond acceptors (Lipinski definition) is 1. The molecule has 0 radical (unpaired) electrons. The smallest absolute Gasteiger partial charge is 0.0656 e. The van der Waals surface area contributed by atoms with Gasteiger partial charge in [0.1, 0.15) is 0 Å². The van der Waals surface area contributed by atoms with Crippen LogP contribution in [0.5, 0.6) is 0 Å². The third kappa shape index (κ3) is 1.88. The van der Waals surface area contributed by atoms with Crippen molar-refractivity contribution in [1.29, 1.82) is 5.26 Å². The van der Waals surface area contributed by atoms with Crippen molar-refractivity contribution in [3.8, 4) is 6.07 Å². The molecule has 1 nitrogen and oxygen atoms in total. The normalized spacial score (nSPS) is 32.0. The maximum absolute atomic E-state index is 8.80. The zero-order valence-electron chi connectivity index (χ0n) is 8.17. The Hall–Kier alpha value is -0.770. The molecule has 0 bridgehead atoms. The van der Waals surface area contributed by atoms with Crippen molar-refractivity contribution in [3.63, 3.8) is 0 Å². The quantitative estimate of drug-likeness (QED) is 0.545.